The highest BCUT2D eigenvalue weighted by Gasteiger charge is 2.39. The largest absolute Gasteiger partial charge is 0.462 e. The Kier molecular flexibility index (Phi) is 5.68. The molecule has 12 heteroatoms. The van der Waals surface area contributed by atoms with Crippen LogP contribution in [-0.2, 0) is 11.7 Å². The Morgan fingerprint density at radius 2 is 2.03 bits per heavy atom. The van der Waals surface area contributed by atoms with Gasteiger partial charge in [-0.2, -0.15) is 22.0 Å². The fourth-order valence-corrected chi connectivity index (χ4v) is 3.00. The molecule has 0 radical (unpaired) electrons. The van der Waals surface area contributed by atoms with Gasteiger partial charge in [0.1, 0.15) is 5.54 Å². The third kappa shape index (κ3) is 4.13. The van der Waals surface area contributed by atoms with Gasteiger partial charge in [-0.25, -0.2) is 9.37 Å². The molecule has 156 valence electrons. The number of hydrogen-bond donors (Lipinski definition) is 2. The third-order valence-electron chi connectivity index (χ3n) is 4.06. The van der Waals surface area contributed by atoms with E-state index in [1.165, 1.54) is 18.2 Å². The highest BCUT2D eigenvalue weighted by molar-refractivity contribution is 9.10. The summed E-state index contributed by atoms with van der Waals surface area (Å²) in [5.41, 5.74) is -2.88. The molecule has 1 unspecified atom stereocenters. The lowest BCUT2D eigenvalue weighted by molar-refractivity contribution is -0.138. The normalized spacial score (nSPS) is 18.4. The number of fused-ring (bicyclic) bond motifs is 1. The van der Waals surface area contributed by atoms with Gasteiger partial charge in [-0.05, 0) is 34.1 Å². The Labute approximate surface area is 168 Å². The van der Waals surface area contributed by atoms with E-state index in [0.29, 0.717) is 12.3 Å². The summed E-state index contributed by atoms with van der Waals surface area (Å²) in [5.74, 6) is -2.49. The molecule has 3 rings (SSSR count). The molecular formula is C17H11BrF6N2O3. The van der Waals surface area contributed by atoms with Crippen molar-refractivity contribution in [2.24, 2.45) is 0 Å². The zero-order valence-electron chi connectivity index (χ0n) is 14.1. The molecule has 2 N–H and O–H groups in total. The molecule has 29 heavy (non-hydrogen) atoms. The Hall–Kier alpha value is -2.47. The molecule has 0 amide bonds. The van der Waals surface area contributed by atoms with E-state index in [2.05, 4.69) is 31.0 Å². The van der Waals surface area contributed by atoms with Crippen molar-refractivity contribution in [1.82, 2.24) is 4.98 Å². The number of pyridine rings is 1. The van der Waals surface area contributed by atoms with E-state index in [4.69, 9.17) is 4.74 Å². The first-order chi connectivity index (χ1) is 13.6. The van der Waals surface area contributed by atoms with Crippen molar-refractivity contribution in [2.75, 3.05) is 11.9 Å². The number of aliphatic hydroxyl groups excluding tert-OH is 1. The Balaban J connectivity index is 2.09. The molecule has 0 fully saturated rings. The summed E-state index contributed by atoms with van der Waals surface area (Å²) in [6.45, 7) is -4.17. The maximum atomic E-state index is 14.4. The molecule has 0 aliphatic carbocycles. The number of nitrogens with one attached hydrogen (secondary N) is 1. The molecule has 0 saturated carbocycles. The van der Waals surface area contributed by atoms with Gasteiger partial charge in [-0.15, -0.1) is 0 Å². The Morgan fingerprint density at radius 3 is 2.66 bits per heavy atom. The zero-order valence-corrected chi connectivity index (χ0v) is 15.7. The van der Waals surface area contributed by atoms with Crippen LogP contribution in [0.1, 0.15) is 11.1 Å². The number of hydrogen-bond acceptors (Lipinski definition) is 5. The predicted octanol–water partition coefficient (Wildman–Crippen LogP) is 4.81. The zero-order chi connectivity index (χ0) is 21.4. The number of rotatable bonds is 5. The number of nitrogens with zero attached hydrogens (tertiary/aromatic N) is 1. The highest BCUT2D eigenvalue weighted by atomic mass is 79.9. The molecular weight excluding hydrogens is 474 g/mol. The van der Waals surface area contributed by atoms with Gasteiger partial charge in [-0.3, -0.25) is 0 Å². The maximum absolute atomic E-state index is 14.4. The molecule has 0 bridgehead atoms. The lowest BCUT2D eigenvalue weighted by atomic mass is 9.88. The van der Waals surface area contributed by atoms with Crippen LogP contribution in [0.15, 0.2) is 41.2 Å². The summed E-state index contributed by atoms with van der Waals surface area (Å²) < 4.78 is 87.9. The molecule has 1 aromatic carbocycles. The van der Waals surface area contributed by atoms with Gasteiger partial charge in [-0.1, -0.05) is 6.07 Å². The van der Waals surface area contributed by atoms with Gasteiger partial charge in [0.25, 0.3) is 0 Å². The van der Waals surface area contributed by atoms with Crippen molar-refractivity contribution in [3.8, 4) is 11.5 Å². The summed E-state index contributed by atoms with van der Waals surface area (Å²) in [7, 11) is 0. The average Bonchev–Trinajstić information content (AvgIpc) is 2.65. The van der Waals surface area contributed by atoms with Gasteiger partial charge in [0, 0.05) is 11.8 Å². The highest BCUT2D eigenvalue weighted by Crippen LogP contribution is 2.43. The van der Waals surface area contributed by atoms with Gasteiger partial charge in [0.05, 0.1) is 22.9 Å². The van der Waals surface area contributed by atoms with Gasteiger partial charge in [0.15, 0.2) is 23.1 Å². The molecule has 0 spiro atoms. The summed E-state index contributed by atoms with van der Waals surface area (Å²) in [6, 6.07) is 3.05. The lowest BCUT2D eigenvalue weighted by Gasteiger charge is -2.35. The molecule has 0 saturated heterocycles. The fourth-order valence-electron chi connectivity index (χ4n) is 2.68. The minimum Gasteiger partial charge on any atom is -0.462 e. The van der Waals surface area contributed by atoms with E-state index in [1.54, 1.807) is 0 Å². The Bertz CT molecular complexity index is 953. The van der Waals surface area contributed by atoms with Crippen LogP contribution in [0, 0.1) is 5.82 Å². The average molecular weight is 485 g/mol. The molecule has 1 atom stereocenters. The summed E-state index contributed by atoms with van der Waals surface area (Å²) in [6.07, 6.45) is -2.15. The minimum atomic E-state index is -4.85. The number of aromatic nitrogens is 1. The first-order valence-corrected chi connectivity index (χ1v) is 8.60. The summed E-state index contributed by atoms with van der Waals surface area (Å²) in [5, 5.41) is 12.5. The SMILES string of the molecule is OCC1(Nc2ncc(C(F)(F)F)cc2OC(F)F)C=COc2c1ccc(Br)c2F. The van der Waals surface area contributed by atoms with E-state index in [1.807, 2.05) is 0 Å². The van der Waals surface area contributed by atoms with Crippen molar-refractivity contribution in [1.29, 1.82) is 0 Å². The minimum absolute atomic E-state index is 0.0627. The molecule has 1 aromatic heterocycles. The molecule has 2 heterocycles. The van der Waals surface area contributed by atoms with Crippen molar-refractivity contribution in [3.63, 3.8) is 0 Å². The quantitative estimate of drug-likeness (QED) is 0.596. The first kappa shape index (κ1) is 21.2. The second kappa shape index (κ2) is 7.75. The topological polar surface area (TPSA) is 63.6 Å². The number of ether oxygens (including phenoxy) is 2. The second-order valence-corrected chi connectivity index (χ2v) is 6.71. The molecule has 1 aliphatic heterocycles. The molecule has 2 aromatic rings. The van der Waals surface area contributed by atoms with E-state index in [9.17, 15) is 31.4 Å². The molecule has 5 nitrogen and oxygen atoms in total. The van der Waals surface area contributed by atoms with Crippen LogP contribution in [0.25, 0.3) is 0 Å². The monoisotopic (exact) mass is 484 g/mol. The van der Waals surface area contributed by atoms with Crippen molar-refractivity contribution < 1.29 is 40.9 Å². The summed E-state index contributed by atoms with van der Waals surface area (Å²) in [4.78, 5) is 3.52. The van der Waals surface area contributed by atoms with Gasteiger partial charge in [0.2, 0.25) is 0 Å². The predicted molar refractivity (Wildman–Crippen MR) is 92.1 cm³/mol. The fraction of sp³-hybridized carbons (Fsp3) is 0.235. The van der Waals surface area contributed by atoms with E-state index >= 15 is 0 Å². The number of benzene rings is 1. The van der Waals surface area contributed by atoms with E-state index in [-0.39, 0.29) is 15.8 Å². The van der Waals surface area contributed by atoms with Crippen LogP contribution < -0.4 is 14.8 Å². The van der Waals surface area contributed by atoms with Gasteiger partial charge >= 0.3 is 12.8 Å². The van der Waals surface area contributed by atoms with E-state index < -0.39 is 47.9 Å². The Morgan fingerprint density at radius 1 is 1.31 bits per heavy atom. The number of anilines is 1. The number of alkyl halides is 5. The standard InChI is InChI=1S/C17H11BrF6N2O3/c18-10-2-1-9-13(12(10)19)28-4-3-16(9,7-27)26-14-11(29-15(20)21)5-8(6-25-14)17(22,23)24/h1-6,15,27H,7H2,(H,25,26). The van der Waals surface area contributed by atoms with Crippen molar-refractivity contribution in [3.05, 3.63) is 58.2 Å². The van der Waals surface area contributed by atoms with Gasteiger partial charge < -0.3 is 19.9 Å². The van der Waals surface area contributed by atoms with Crippen LogP contribution in [-0.4, -0.2) is 23.3 Å². The smallest absolute Gasteiger partial charge is 0.418 e. The van der Waals surface area contributed by atoms with Crippen molar-refractivity contribution >= 4 is 21.7 Å². The summed E-state index contributed by atoms with van der Waals surface area (Å²) >= 11 is 2.98. The van der Waals surface area contributed by atoms with E-state index in [0.717, 1.165) is 6.26 Å². The van der Waals surface area contributed by atoms with Crippen LogP contribution in [0.5, 0.6) is 11.5 Å². The number of aliphatic hydroxyl groups is 1. The first-order valence-electron chi connectivity index (χ1n) is 7.81. The lowest BCUT2D eigenvalue weighted by Crippen LogP contribution is -2.40. The van der Waals surface area contributed by atoms with Crippen LogP contribution in [0.3, 0.4) is 0 Å². The molecule has 1 aliphatic rings. The second-order valence-electron chi connectivity index (χ2n) is 5.86. The van der Waals surface area contributed by atoms with Crippen LogP contribution >= 0.6 is 15.9 Å². The maximum Gasteiger partial charge on any atom is 0.418 e. The third-order valence-corrected chi connectivity index (χ3v) is 4.67. The number of halogens is 7. The van der Waals surface area contributed by atoms with Crippen LogP contribution in [0.2, 0.25) is 0 Å². The van der Waals surface area contributed by atoms with Crippen molar-refractivity contribution in [2.45, 2.75) is 18.3 Å². The van der Waals surface area contributed by atoms with Crippen LogP contribution in [0.4, 0.5) is 32.2 Å².